The lowest BCUT2D eigenvalue weighted by molar-refractivity contribution is -0.152. The molecule has 1 aromatic carbocycles. The molecule has 2 heterocycles. The Labute approximate surface area is 184 Å². The maximum atomic E-state index is 13.4. The third-order valence-electron chi connectivity index (χ3n) is 6.02. The Kier molecular flexibility index (Phi) is 6.85. The summed E-state index contributed by atoms with van der Waals surface area (Å²) in [6.07, 6.45) is 0.837. The summed E-state index contributed by atoms with van der Waals surface area (Å²) >= 11 is 0. The van der Waals surface area contributed by atoms with Crippen LogP contribution in [0.15, 0.2) is 15.5 Å². The number of aryl methyl sites for hydroxylation is 2. The molecule has 8 nitrogen and oxygen atoms in total. The summed E-state index contributed by atoms with van der Waals surface area (Å²) in [7, 11) is -3.63. The molecule has 1 aliphatic heterocycles. The monoisotopic (exact) mass is 449 g/mol. The Hall–Kier alpha value is -2.26. The zero-order chi connectivity index (χ0) is 22.9. The molecule has 1 saturated heterocycles. The minimum absolute atomic E-state index is 0.0714. The Morgan fingerprint density at radius 2 is 1.74 bits per heavy atom. The molecule has 2 aromatic rings. The van der Waals surface area contributed by atoms with E-state index in [0.717, 1.165) is 22.3 Å². The lowest BCUT2D eigenvalue weighted by atomic mass is 9.98. The number of carbonyl (C=O) groups is 1. The minimum atomic E-state index is -3.63. The van der Waals surface area contributed by atoms with Crippen LogP contribution in [0.4, 0.5) is 0 Å². The van der Waals surface area contributed by atoms with E-state index in [4.69, 9.17) is 9.26 Å². The van der Waals surface area contributed by atoms with E-state index >= 15 is 0 Å². The highest BCUT2D eigenvalue weighted by molar-refractivity contribution is 7.89. The largest absolute Gasteiger partial charge is 0.455 e. The zero-order valence-electron chi connectivity index (χ0n) is 19.1. The van der Waals surface area contributed by atoms with E-state index in [0.29, 0.717) is 23.6 Å². The van der Waals surface area contributed by atoms with Gasteiger partial charge in [0.05, 0.1) is 10.8 Å². The predicted octanol–water partition coefficient (Wildman–Crippen LogP) is 3.57. The van der Waals surface area contributed by atoms with Crippen LogP contribution in [0.3, 0.4) is 0 Å². The van der Waals surface area contributed by atoms with Gasteiger partial charge < -0.3 is 9.26 Å². The molecule has 1 fully saturated rings. The molecular weight excluding hydrogens is 418 g/mol. The van der Waals surface area contributed by atoms with Crippen LogP contribution < -0.4 is 0 Å². The zero-order valence-corrected chi connectivity index (χ0v) is 19.9. The van der Waals surface area contributed by atoms with E-state index in [2.05, 4.69) is 10.1 Å². The van der Waals surface area contributed by atoms with Crippen molar-refractivity contribution in [2.24, 2.45) is 5.92 Å². The van der Waals surface area contributed by atoms with Crippen molar-refractivity contribution in [2.75, 3.05) is 13.1 Å². The number of benzene rings is 1. The van der Waals surface area contributed by atoms with Crippen LogP contribution in [-0.2, 0) is 26.2 Å². The van der Waals surface area contributed by atoms with Gasteiger partial charge in [-0.3, -0.25) is 4.79 Å². The summed E-state index contributed by atoms with van der Waals surface area (Å²) in [6.45, 7) is 11.9. The van der Waals surface area contributed by atoms with E-state index in [-0.39, 0.29) is 43.4 Å². The average Bonchev–Trinajstić information content (AvgIpc) is 3.20. The second-order valence-electron chi connectivity index (χ2n) is 8.58. The average molecular weight is 450 g/mol. The molecular formula is C22H31N3O5S. The Balaban J connectivity index is 1.63. The highest BCUT2D eigenvalue weighted by Crippen LogP contribution is 2.31. The number of sulfonamides is 1. The smallest absolute Gasteiger partial charge is 0.309 e. The van der Waals surface area contributed by atoms with E-state index in [9.17, 15) is 13.2 Å². The van der Waals surface area contributed by atoms with E-state index in [1.807, 2.05) is 47.6 Å². The van der Waals surface area contributed by atoms with Gasteiger partial charge >= 0.3 is 5.97 Å². The van der Waals surface area contributed by atoms with Crippen molar-refractivity contribution in [1.29, 1.82) is 0 Å². The molecule has 0 aliphatic carbocycles. The van der Waals surface area contributed by atoms with Crippen LogP contribution in [0, 0.1) is 33.6 Å². The van der Waals surface area contributed by atoms with Gasteiger partial charge in [-0.15, -0.1) is 0 Å². The lowest BCUT2D eigenvalue weighted by Gasteiger charge is -2.31. The van der Waals surface area contributed by atoms with Gasteiger partial charge in [-0.2, -0.15) is 9.29 Å². The first-order valence-corrected chi connectivity index (χ1v) is 12.0. The summed E-state index contributed by atoms with van der Waals surface area (Å²) in [5, 5.41) is 3.85. The number of hydrogen-bond donors (Lipinski definition) is 0. The minimum Gasteiger partial charge on any atom is -0.455 e. The summed E-state index contributed by atoms with van der Waals surface area (Å²) in [6, 6.07) is 2.01. The van der Waals surface area contributed by atoms with Gasteiger partial charge in [-0.25, -0.2) is 8.42 Å². The summed E-state index contributed by atoms with van der Waals surface area (Å²) in [4.78, 5) is 17.0. The van der Waals surface area contributed by atoms with Gasteiger partial charge in [0.15, 0.2) is 12.4 Å². The van der Waals surface area contributed by atoms with E-state index < -0.39 is 10.0 Å². The third-order valence-corrected chi connectivity index (χ3v) is 8.19. The van der Waals surface area contributed by atoms with Crippen molar-refractivity contribution >= 4 is 16.0 Å². The van der Waals surface area contributed by atoms with E-state index in [1.165, 1.54) is 4.31 Å². The van der Waals surface area contributed by atoms with Crippen molar-refractivity contribution in [2.45, 2.75) is 71.8 Å². The molecule has 1 aromatic heterocycles. The Morgan fingerprint density at radius 3 is 2.26 bits per heavy atom. The van der Waals surface area contributed by atoms with Crippen LogP contribution in [0.5, 0.6) is 0 Å². The Bertz CT molecular complexity index is 1040. The molecule has 0 unspecified atom stereocenters. The quantitative estimate of drug-likeness (QED) is 0.621. The summed E-state index contributed by atoms with van der Waals surface area (Å²) in [5.74, 6) is 0.254. The molecule has 170 valence electrons. The van der Waals surface area contributed by atoms with Gasteiger partial charge in [-0.1, -0.05) is 25.1 Å². The van der Waals surface area contributed by atoms with Gasteiger partial charge in [0, 0.05) is 19.0 Å². The van der Waals surface area contributed by atoms with Crippen molar-refractivity contribution in [3.05, 3.63) is 40.0 Å². The normalized spacial score (nSPS) is 16.1. The van der Waals surface area contributed by atoms with Gasteiger partial charge in [-0.05, 0) is 62.8 Å². The number of rotatable bonds is 6. The molecule has 0 bridgehead atoms. The first kappa shape index (κ1) is 23.4. The van der Waals surface area contributed by atoms with Crippen LogP contribution in [0.2, 0.25) is 0 Å². The van der Waals surface area contributed by atoms with Crippen molar-refractivity contribution < 1.29 is 22.5 Å². The van der Waals surface area contributed by atoms with Gasteiger partial charge in [0.2, 0.25) is 10.0 Å². The van der Waals surface area contributed by atoms with Gasteiger partial charge in [0.1, 0.15) is 0 Å². The van der Waals surface area contributed by atoms with Gasteiger partial charge in [0.25, 0.3) is 5.89 Å². The van der Waals surface area contributed by atoms with Crippen molar-refractivity contribution in [3.63, 3.8) is 0 Å². The van der Waals surface area contributed by atoms with Crippen LogP contribution in [0.1, 0.15) is 66.6 Å². The molecule has 1 aliphatic rings. The fraction of sp³-hybridized carbons (Fsp3) is 0.591. The number of hydrogen-bond acceptors (Lipinski definition) is 7. The molecule has 0 atom stereocenters. The van der Waals surface area contributed by atoms with Crippen LogP contribution in [0.25, 0.3) is 0 Å². The maximum absolute atomic E-state index is 13.4. The topological polar surface area (TPSA) is 103 Å². The molecule has 0 spiro atoms. The number of ether oxygens (including phenoxy) is 1. The lowest BCUT2D eigenvalue weighted by Crippen LogP contribution is -2.41. The maximum Gasteiger partial charge on any atom is 0.309 e. The van der Waals surface area contributed by atoms with E-state index in [1.54, 1.807) is 0 Å². The molecule has 3 rings (SSSR count). The molecule has 0 amide bonds. The number of aromatic nitrogens is 2. The number of carbonyl (C=O) groups excluding carboxylic acids is 1. The highest BCUT2D eigenvalue weighted by Gasteiger charge is 2.35. The molecule has 9 heteroatoms. The fourth-order valence-electron chi connectivity index (χ4n) is 3.84. The van der Waals surface area contributed by atoms with Crippen molar-refractivity contribution in [3.8, 4) is 0 Å². The second-order valence-corrected chi connectivity index (χ2v) is 10.5. The predicted molar refractivity (Wildman–Crippen MR) is 115 cm³/mol. The Morgan fingerprint density at radius 1 is 1.16 bits per heavy atom. The van der Waals surface area contributed by atoms with Crippen LogP contribution in [-0.4, -0.2) is 41.9 Å². The molecule has 0 N–H and O–H groups in total. The first-order chi connectivity index (χ1) is 14.5. The summed E-state index contributed by atoms with van der Waals surface area (Å²) < 4.78 is 38.6. The van der Waals surface area contributed by atoms with Crippen LogP contribution >= 0.6 is 0 Å². The molecule has 0 saturated carbocycles. The number of piperidine rings is 1. The van der Waals surface area contributed by atoms with Crippen molar-refractivity contribution in [1.82, 2.24) is 14.4 Å². The standard InChI is InChI=1S/C22H31N3O5S/c1-13(2)21-23-19(30-24-21)12-29-22(26)18-7-9-25(10-8-18)31(27,28)20-16(5)14(3)11-15(4)17(20)6/h11,13,18H,7-10,12H2,1-6H3. The first-order valence-electron chi connectivity index (χ1n) is 10.6. The molecule has 31 heavy (non-hydrogen) atoms. The third kappa shape index (κ3) is 4.82. The SMILES string of the molecule is Cc1cc(C)c(C)c(S(=O)(=O)N2CCC(C(=O)OCc3nc(C(C)C)no3)CC2)c1C. The fourth-order valence-corrected chi connectivity index (χ4v) is 5.89. The summed E-state index contributed by atoms with van der Waals surface area (Å²) in [5.41, 5.74) is 3.48. The number of nitrogens with zero attached hydrogens (tertiary/aromatic N) is 3. The second kappa shape index (κ2) is 9.08. The number of esters is 1. The molecule has 0 radical (unpaired) electrons. The highest BCUT2D eigenvalue weighted by atomic mass is 32.2.